The molecule has 1 saturated heterocycles. The number of carbonyl (C=O) groups is 1. The van der Waals surface area contributed by atoms with Crippen LogP contribution >= 0.6 is 0 Å². The molecule has 5 heteroatoms. The number of nitrogens with zero attached hydrogens (tertiary/aromatic N) is 2. The monoisotopic (exact) mass is 423 g/mol. The van der Waals surface area contributed by atoms with Crippen molar-refractivity contribution in [2.75, 3.05) is 52.4 Å². The van der Waals surface area contributed by atoms with E-state index >= 15 is 0 Å². The summed E-state index contributed by atoms with van der Waals surface area (Å²) in [6.45, 7) is 14.8. The first-order chi connectivity index (χ1) is 14.9. The molecule has 2 aromatic rings. The summed E-state index contributed by atoms with van der Waals surface area (Å²) in [6.07, 6.45) is 0. The molecule has 3 rings (SSSR count). The highest BCUT2D eigenvalue weighted by Gasteiger charge is 2.28. The Balaban J connectivity index is 1.74. The van der Waals surface area contributed by atoms with Crippen LogP contribution in [0.4, 0.5) is 0 Å². The fourth-order valence-electron chi connectivity index (χ4n) is 4.79. The molecule has 2 N–H and O–H groups in total. The number of β-amino-alcohol motifs (C(OH)–C–C–N with tert-alkyl or cyclic N) is 1. The molecule has 31 heavy (non-hydrogen) atoms. The second-order valence-electron chi connectivity index (χ2n) is 8.74. The molecule has 0 atom stereocenters. The molecular weight excluding hydrogens is 386 g/mol. The van der Waals surface area contributed by atoms with E-state index in [1.165, 1.54) is 0 Å². The van der Waals surface area contributed by atoms with Crippen LogP contribution < -0.4 is 5.32 Å². The minimum absolute atomic E-state index is 0.0775. The van der Waals surface area contributed by atoms with E-state index in [0.717, 1.165) is 72.6 Å². The number of carbonyl (C=O) groups excluding carboxylic acids is 1. The maximum absolute atomic E-state index is 13.6. The van der Waals surface area contributed by atoms with Crippen LogP contribution in [0.2, 0.25) is 0 Å². The van der Waals surface area contributed by atoms with E-state index in [9.17, 15) is 4.79 Å². The van der Waals surface area contributed by atoms with E-state index in [0.29, 0.717) is 6.54 Å². The van der Waals surface area contributed by atoms with Gasteiger partial charge in [0.1, 0.15) is 0 Å². The fourth-order valence-corrected chi connectivity index (χ4v) is 4.79. The Labute approximate surface area is 187 Å². The zero-order chi connectivity index (χ0) is 22.4. The van der Waals surface area contributed by atoms with Crippen molar-refractivity contribution in [1.82, 2.24) is 15.1 Å². The van der Waals surface area contributed by atoms with Gasteiger partial charge in [-0.05, 0) is 61.1 Å². The SMILES string of the molecule is Cc1cccc(C)c1C(C(=O)NCCN1CCN(CCO)CC1)c1c(C)cccc1C. The topological polar surface area (TPSA) is 55.8 Å². The molecule has 1 aliphatic rings. The maximum Gasteiger partial charge on any atom is 0.232 e. The Morgan fingerprint density at radius 2 is 1.26 bits per heavy atom. The molecular formula is C26H37N3O2. The average Bonchev–Trinajstić information content (AvgIpc) is 2.73. The Bertz CT molecular complexity index is 796. The Kier molecular flexibility index (Phi) is 8.24. The van der Waals surface area contributed by atoms with Gasteiger partial charge in [-0.25, -0.2) is 0 Å². The summed E-state index contributed by atoms with van der Waals surface area (Å²) in [5.41, 5.74) is 6.86. The van der Waals surface area contributed by atoms with Crippen LogP contribution in [0.25, 0.3) is 0 Å². The summed E-state index contributed by atoms with van der Waals surface area (Å²) in [4.78, 5) is 18.2. The van der Waals surface area contributed by atoms with Gasteiger partial charge in [-0.15, -0.1) is 0 Å². The Morgan fingerprint density at radius 3 is 1.68 bits per heavy atom. The number of aliphatic hydroxyl groups is 1. The van der Waals surface area contributed by atoms with E-state index in [-0.39, 0.29) is 18.4 Å². The number of aryl methyl sites for hydroxylation is 4. The van der Waals surface area contributed by atoms with Crippen molar-refractivity contribution in [2.24, 2.45) is 0 Å². The molecule has 0 unspecified atom stereocenters. The second kappa shape index (κ2) is 10.9. The Morgan fingerprint density at radius 1 is 0.839 bits per heavy atom. The highest BCUT2D eigenvalue weighted by Crippen LogP contribution is 2.34. The third-order valence-corrected chi connectivity index (χ3v) is 6.53. The van der Waals surface area contributed by atoms with Gasteiger partial charge in [0.05, 0.1) is 12.5 Å². The molecule has 168 valence electrons. The highest BCUT2D eigenvalue weighted by molar-refractivity contribution is 5.88. The number of amides is 1. The van der Waals surface area contributed by atoms with Gasteiger partial charge in [0.2, 0.25) is 5.91 Å². The van der Waals surface area contributed by atoms with Crippen LogP contribution in [0.1, 0.15) is 39.3 Å². The minimum atomic E-state index is -0.302. The summed E-state index contributed by atoms with van der Waals surface area (Å²) >= 11 is 0. The molecule has 0 spiro atoms. The van der Waals surface area contributed by atoms with Gasteiger partial charge in [-0.2, -0.15) is 0 Å². The number of hydrogen-bond donors (Lipinski definition) is 2. The van der Waals surface area contributed by atoms with Gasteiger partial charge in [-0.1, -0.05) is 36.4 Å². The molecule has 5 nitrogen and oxygen atoms in total. The lowest BCUT2D eigenvalue weighted by Gasteiger charge is -2.34. The van der Waals surface area contributed by atoms with Gasteiger partial charge in [0.25, 0.3) is 0 Å². The van der Waals surface area contributed by atoms with Gasteiger partial charge in [0, 0.05) is 45.8 Å². The number of rotatable bonds is 8. The van der Waals surface area contributed by atoms with Crippen molar-refractivity contribution in [3.63, 3.8) is 0 Å². The van der Waals surface area contributed by atoms with Crippen LogP contribution in [0.3, 0.4) is 0 Å². The molecule has 0 aromatic heterocycles. The molecule has 0 saturated carbocycles. The molecule has 0 aliphatic carbocycles. The fraction of sp³-hybridized carbons (Fsp3) is 0.500. The predicted octanol–water partition coefficient (Wildman–Crippen LogP) is 2.78. The molecule has 0 radical (unpaired) electrons. The summed E-state index contributed by atoms with van der Waals surface area (Å²) < 4.78 is 0. The lowest BCUT2D eigenvalue weighted by atomic mass is 9.81. The van der Waals surface area contributed by atoms with Gasteiger partial charge >= 0.3 is 0 Å². The van der Waals surface area contributed by atoms with Crippen LogP contribution in [-0.2, 0) is 4.79 Å². The molecule has 1 heterocycles. The van der Waals surface area contributed by atoms with Crippen molar-refractivity contribution < 1.29 is 9.90 Å². The minimum Gasteiger partial charge on any atom is -0.395 e. The van der Waals surface area contributed by atoms with Crippen molar-refractivity contribution in [3.8, 4) is 0 Å². The number of piperazine rings is 1. The van der Waals surface area contributed by atoms with Crippen molar-refractivity contribution in [3.05, 3.63) is 69.8 Å². The van der Waals surface area contributed by atoms with E-state index in [2.05, 4.69) is 79.2 Å². The summed E-state index contributed by atoms with van der Waals surface area (Å²) in [6, 6.07) is 12.5. The molecule has 1 aliphatic heterocycles. The third-order valence-electron chi connectivity index (χ3n) is 6.53. The highest BCUT2D eigenvalue weighted by atomic mass is 16.3. The second-order valence-corrected chi connectivity index (χ2v) is 8.74. The molecule has 1 fully saturated rings. The first-order valence-electron chi connectivity index (χ1n) is 11.4. The quantitative estimate of drug-likeness (QED) is 0.686. The van der Waals surface area contributed by atoms with Gasteiger partial charge < -0.3 is 10.4 Å². The lowest BCUT2D eigenvalue weighted by molar-refractivity contribution is -0.121. The van der Waals surface area contributed by atoms with Crippen LogP contribution in [-0.4, -0.2) is 73.2 Å². The van der Waals surface area contributed by atoms with Crippen molar-refractivity contribution in [1.29, 1.82) is 0 Å². The number of nitrogens with one attached hydrogen (secondary N) is 1. The lowest BCUT2D eigenvalue weighted by Crippen LogP contribution is -2.49. The van der Waals surface area contributed by atoms with Gasteiger partial charge in [-0.3, -0.25) is 14.6 Å². The summed E-state index contributed by atoms with van der Waals surface area (Å²) in [5, 5.41) is 12.3. The van der Waals surface area contributed by atoms with Crippen LogP contribution in [0.15, 0.2) is 36.4 Å². The predicted molar refractivity (Wildman–Crippen MR) is 127 cm³/mol. The maximum atomic E-state index is 13.6. The largest absolute Gasteiger partial charge is 0.395 e. The normalized spacial score (nSPS) is 15.4. The van der Waals surface area contributed by atoms with E-state index in [1.807, 2.05) is 0 Å². The smallest absolute Gasteiger partial charge is 0.232 e. The molecule has 2 aromatic carbocycles. The van der Waals surface area contributed by atoms with Crippen LogP contribution in [0, 0.1) is 27.7 Å². The zero-order valence-electron chi connectivity index (χ0n) is 19.4. The van der Waals surface area contributed by atoms with E-state index in [4.69, 9.17) is 5.11 Å². The first-order valence-corrected chi connectivity index (χ1v) is 11.4. The number of benzene rings is 2. The Hall–Kier alpha value is -2.21. The first kappa shape index (κ1) is 23.5. The number of hydrogen-bond acceptors (Lipinski definition) is 4. The van der Waals surface area contributed by atoms with Crippen molar-refractivity contribution in [2.45, 2.75) is 33.6 Å². The molecule has 1 amide bonds. The average molecular weight is 424 g/mol. The number of aliphatic hydroxyl groups excluding tert-OH is 1. The van der Waals surface area contributed by atoms with Crippen LogP contribution in [0.5, 0.6) is 0 Å². The standard InChI is InChI=1S/C26H37N3O2/c1-19-7-5-8-20(2)23(19)25(24-21(3)9-6-10-22(24)4)26(31)27-11-12-28-13-15-29(16-14-28)17-18-30/h5-10,25,30H,11-18H2,1-4H3,(H,27,31). The summed E-state index contributed by atoms with van der Waals surface area (Å²) in [7, 11) is 0. The summed E-state index contributed by atoms with van der Waals surface area (Å²) in [5.74, 6) is -0.225. The zero-order valence-corrected chi connectivity index (χ0v) is 19.4. The van der Waals surface area contributed by atoms with E-state index in [1.54, 1.807) is 0 Å². The molecule has 0 bridgehead atoms. The third kappa shape index (κ3) is 5.73. The van der Waals surface area contributed by atoms with Gasteiger partial charge in [0.15, 0.2) is 0 Å². The van der Waals surface area contributed by atoms with Crippen molar-refractivity contribution >= 4 is 5.91 Å². The van der Waals surface area contributed by atoms with E-state index < -0.39 is 0 Å².